The molecular weight excluding hydrogens is 853 g/mol. The van der Waals surface area contributed by atoms with E-state index in [2.05, 4.69) is 69.4 Å². The van der Waals surface area contributed by atoms with Crippen LogP contribution >= 0.6 is 0 Å². The summed E-state index contributed by atoms with van der Waals surface area (Å²) in [5, 5.41) is 0. The molecule has 0 bridgehead atoms. The number of ether oxygens (including phenoxy) is 3. The quantitative estimate of drug-likeness (QED) is 0.0262. The first kappa shape index (κ1) is 66.4. The maximum Gasteiger partial charge on any atom is 0.306 e. The van der Waals surface area contributed by atoms with Gasteiger partial charge in [-0.1, -0.05) is 262 Å². The minimum absolute atomic E-state index is 0.0729. The summed E-state index contributed by atoms with van der Waals surface area (Å²) in [6, 6.07) is 0. The van der Waals surface area contributed by atoms with E-state index >= 15 is 0 Å². The molecule has 0 aromatic heterocycles. The smallest absolute Gasteiger partial charge is 0.306 e. The summed E-state index contributed by atoms with van der Waals surface area (Å²) in [5.41, 5.74) is 0. The lowest BCUT2D eigenvalue weighted by Crippen LogP contribution is -2.30. The van der Waals surface area contributed by atoms with Crippen LogP contribution in [0.3, 0.4) is 0 Å². The van der Waals surface area contributed by atoms with Gasteiger partial charge in [-0.15, -0.1) is 0 Å². The van der Waals surface area contributed by atoms with Gasteiger partial charge >= 0.3 is 17.9 Å². The molecule has 1 unspecified atom stereocenters. The van der Waals surface area contributed by atoms with Crippen LogP contribution in [0.1, 0.15) is 316 Å². The van der Waals surface area contributed by atoms with Crippen molar-refractivity contribution >= 4 is 17.9 Å². The van der Waals surface area contributed by atoms with Gasteiger partial charge in [0.05, 0.1) is 0 Å². The van der Waals surface area contributed by atoms with Crippen LogP contribution in [0.15, 0.2) is 48.6 Å². The van der Waals surface area contributed by atoms with Gasteiger partial charge in [0.15, 0.2) is 6.10 Å². The molecule has 0 N–H and O–H groups in total. The van der Waals surface area contributed by atoms with Crippen molar-refractivity contribution in [1.82, 2.24) is 0 Å². The minimum atomic E-state index is -0.772. The van der Waals surface area contributed by atoms with E-state index in [-0.39, 0.29) is 31.1 Å². The largest absolute Gasteiger partial charge is 0.462 e. The van der Waals surface area contributed by atoms with Crippen molar-refractivity contribution in [3.63, 3.8) is 0 Å². The Labute approximate surface area is 428 Å². The maximum absolute atomic E-state index is 12.8. The molecule has 0 aliphatic carbocycles. The summed E-state index contributed by atoms with van der Waals surface area (Å²) in [7, 11) is 0. The number of carbonyl (C=O) groups is 3. The normalized spacial score (nSPS) is 12.3. The molecule has 0 amide bonds. The summed E-state index contributed by atoms with van der Waals surface area (Å²) in [6.07, 6.45) is 71.3. The van der Waals surface area contributed by atoms with Gasteiger partial charge in [-0.3, -0.25) is 14.4 Å². The van der Waals surface area contributed by atoms with Crippen molar-refractivity contribution in [1.29, 1.82) is 0 Å². The molecule has 0 spiro atoms. The number of carbonyl (C=O) groups excluding carboxylic acids is 3. The first-order valence-electron chi connectivity index (χ1n) is 30.1. The average Bonchev–Trinajstić information content (AvgIpc) is 3.35. The van der Waals surface area contributed by atoms with Gasteiger partial charge in [0.2, 0.25) is 0 Å². The van der Waals surface area contributed by atoms with Crippen LogP contribution in [-0.2, 0) is 28.6 Å². The summed E-state index contributed by atoms with van der Waals surface area (Å²) >= 11 is 0. The van der Waals surface area contributed by atoms with Gasteiger partial charge in [0.25, 0.3) is 0 Å². The van der Waals surface area contributed by atoms with Crippen LogP contribution < -0.4 is 0 Å². The molecule has 0 aliphatic heterocycles. The third-order valence-electron chi connectivity index (χ3n) is 13.3. The van der Waals surface area contributed by atoms with Crippen LogP contribution in [0.2, 0.25) is 0 Å². The molecule has 0 saturated heterocycles. The van der Waals surface area contributed by atoms with Crippen molar-refractivity contribution in [2.45, 2.75) is 322 Å². The Morgan fingerprint density at radius 3 is 0.826 bits per heavy atom. The Morgan fingerprint density at radius 1 is 0.290 bits per heavy atom. The fourth-order valence-electron chi connectivity index (χ4n) is 8.74. The highest BCUT2D eigenvalue weighted by Gasteiger charge is 2.19. The molecule has 0 radical (unpaired) electrons. The summed E-state index contributed by atoms with van der Waals surface area (Å²) < 4.78 is 16.8. The number of allylic oxidation sites excluding steroid dienone is 8. The van der Waals surface area contributed by atoms with Crippen LogP contribution in [0, 0.1) is 0 Å². The van der Waals surface area contributed by atoms with Crippen LogP contribution in [0.25, 0.3) is 0 Å². The predicted octanol–water partition coefficient (Wildman–Crippen LogP) is 20.2. The van der Waals surface area contributed by atoms with Crippen LogP contribution in [0.4, 0.5) is 0 Å². The Morgan fingerprint density at radius 2 is 0.522 bits per heavy atom. The van der Waals surface area contributed by atoms with Crippen molar-refractivity contribution in [2.75, 3.05) is 13.2 Å². The van der Waals surface area contributed by atoms with Gasteiger partial charge in [-0.2, -0.15) is 0 Å². The second-order valence-electron chi connectivity index (χ2n) is 20.3. The van der Waals surface area contributed by atoms with Crippen molar-refractivity contribution in [2.24, 2.45) is 0 Å². The topological polar surface area (TPSA) is 78.9 Å². The highest BCUT2D eigenvalue weighted by Crippen LogP contribution is 2.16. The summed E-state index contributed by atoms with van der Waals surface area (Å²) in [6.45, 7) is 6.61. The molecule has 0 aromatic carbocycles. The average molecular weight is 968 g/mol. The number of esters is 3. The fourth-order valence-corrected chi connectivity index (χ4v) is 8.74. The van der Waals surface area contributed by atoms with E-state index in [9.17, 15) is 14.4 Å². The molecule has 0 aromatic rings. The third kappa shape index (κ3) is 56.2. The molecule has 0 rings (SSSR count). The fraction of sp³-hybridized carbons (Fsp3) is 0.825. The number of unbranched alkanes of at least 4 members (excludes halogenated alkanes) is 36. The van der Waals surface area contributed by atoms with E-state index in [0.29, 0.717) is 19.3 Å². The lowest BCUT2D eigenvalue weighted by atomic mass is 10.0. The van der Waals surface area contributed by atoms with E-state index in [1.165, 1.54) is 205 Å². The molecule has 69 heavy (non-hydrogen) atoms. The van der Waals surface area contributed by atoms with Gasteiger partial charge in [0, 0.05) is 19.3 Å². The lowest BCUT2D eigenvalue weighted by molar-refractivity contribution is -0.167. The zero-order valence-corrected chi connectivity index (χ0v) is 46.1. The minimum Gasteiger partial charge on any atom is -0.462 e. The Balaban J connectivity index is 4.12. The number of hydrogen-bond donors (Lipinski definition) is 0. The molecule has 6 heteroatoms. The second-order valence-corrected chi connectivity index (χ2v) is 20.3. The third-order valence-corrected chi connectivity index (χ3v) is 13.3. The standard InChI is InChI=1S/C63H114O6/c1-4-7-10-13-16-18-20-22-24-26-27-28-29-30-31-32-33-34-35-37-38-40-42-44-47-50-53-56-62(65)68-59-60(58-67-61(64)55-52-49-46-15-12-9-6-3)69-63(66)57-54-51-48-45-43-41-39-36-25-23-21-19-17-14-11-8-5-2/h20,22-23,25-27,29-30,60H,4-19,21,24,28,31-59H2,1-3H3/b22-20-,25-23-,27-26-,30-29-. The van der Waals surface area contributed by atoms with Crippen molar-refractivity contribution in [3.05, 3.63) is 48.6 Å². The first-order valence-corrected chi connectivity index (χ1v) is 30.1. The Bertz CT molecular complexity index is 1200. The van der Waals surface area contributed by atoms with Gasteiger partial charge in [-0.05, 0) is 83.5 Å². The predicted molar refractivity (Wildman–Crippen MR) is 298 cm³/mol. The Kier molecular flexibility index (Phi) is 55.7. The second kappa shape index (κ2) is 57.9. The highest BCUT2D eigenvalue weighted by molar-refractivity contribution is 5.71. The summed E-state index contributed by atoms with van der Waals surface area (Å²) in [4.78, 5) is 38.0. The van der Waals surface area contributed by atoms with Crippen molar-refractivity contribution < 1.29 is 28.6 Å². The Hall–Kier alpha value is -2.63. The van der Waals surface area contributed by atoms with Crippen LogP contribution in [-0.4, -0.2) is 37.2 Å². The molecule has 0 heterocycles. The van der Waals surface area contributed by atoms with E-state index in [1.54, 1.807) is 0 Å². The zero-order valence-electron chi connectivity index (χ0n) is 46.1. The lowest BCUT2D eigenvalue weighted by Gasteiger charge is -2.18. The zero-order chi connectivity index (χ0) is 50.0. The monoisotopic (exact) mass is 967 g/mol. The van der Waals surface area contributed by atoms with Gasteiger partial charge in [0.1, 0.15) is 13.2 Å². The van der Waals surface area contributed by atoms with E-state index in [4.69, 9.17) is 14.2 Å². The summed E-state index contributed by atoms with van der Waals surface area (Å²) in [5.74, 6) is -0.872. The molecule has 1 atom stereocenters. The SMILES string of the molecule is CCCCCCC/C=C\C/C=C\C/C=C\CCCCCCCCCCCCCCC(=O)OCC(COC(=O)CCCCCCCCC)OC(=O)CCCCCCCCC/C=C\CCCCCCCC. The molecule has 0 fully saturated rings. The van der Waals surface area contributed by atoms with Crippen LogP contribution in [0.5, 0.6) is 0 Å². The van der Waals surface area contributed by atoms with E-state index in [1.807, 2.05) is 0 Å². The molecule has 402 valence electrons. The van der Waals surface area contributed by atoms with Gasteiger partial charge in [-0.25, -0.2) is 0 Å². The van der Waals surface area contributed by atoms with Crippen molar-refractivity contribution in [3.8, 4) is 0 Å². The maximum atomic E-state index is 12.8. The molecule has 0 aliphatic rings. The van der Waals surface area contributed by atoms with E-state index < -0.39 is 6.10 Å². The highest BCUT2D eigenvalue weighted by atomic mass is 16.6. The van der Waals surface area contributed by atoms with Gasteiger partial charge < -0.3 is 14.2 Å². The number of rotatable bonds is 55. The molecule has 0 saturated carbocycles. The molecular formula is C63H114O6. The first-order chi connectivity index (χ1) is 34.0. The van der Waals surface area contributed by atoms with E-state index in [0.717, 1.165) is 70.6 Å². The number of hydrogen-bond acceptors (Lipinski definition) is 6. The molecule has 6 nitrogen and oxygen atoms in total.